The van der Waals surface area contributed by atoms with E-state index < -0.39 is 0 Å². The number of para-hydroxylation sites is 1. The fourth-order valence-electron chi connectivity index (χ4n) is 3.44. The van der Waals surface area contributed by atoms with Gasteiger partial charge in [-0.15, -0.1) is 0 Å². The van der Waals surface area contributed by atoms with Crippen molar-refractivity contribution in [1.82, 2.24) is 9.97 Å². The maximum absolute atomic E-state index is 12.2. The van der Waals surface area contributed by atoms with Gasteiger partial charge in [-0.3, -0.25) is 4.79 Å². The molecule has 5 heteroatoms. The van der Waals surface area contributed by atoms with Crippen molar-refractivity contribution in [2.24, 2.45) is 11.7 Å². The molecule has 1 aliphatic carbocycles. The maximum Gasteiger partial charge on any atom is 0.258 e. The summed E-state index contributed by atoms with van der Waals surface area (Å²) in [6.07, 6.45) is 6.25. The molecule has 124 valence electrons. The van der Waals surface area contributed by atoms with Crippen LogP contribution in [0.15, 0.2) is 23.0 Å². The summed E-state index contributed by atoms with van der Waals surface area (Å²) in [7, 11) is 0. The summed E-state index contributed by atoms with van der Waals surface area (Å²) in [5.74, 6) is 2.40. The minimum atomic E-state index is -0.0269. The third kappa shape index (κ3) is 3.96. The van der Waals surface area contributed by atoms with Gasteiger partial charge in [0.2, 0.25) is 0 Å². The zero-order valence-electron chi connectivity index (χ0n) is 13.7. The quantitative estimate of drug-likeness (QED) is 0.881. The molecule has 4 nitrogen and oxygen atoms in total. The van der Waals surface area contributed by atoms with E-state index in [4.69, 9.17) is 5.73 Å². The van der Waals surface area contributed by atoms with E-state index in [0.717, 1.165) is 41.5 Å². The number of hydrogen-bond donors (Lipinski definition) is 2. The van der Waals surface area contributed by atoms with E-state index in [1.54, 1.807) is 0 Å². The lowest BCUT2D eigenvalue weighted by molar-refractivity contribution is 0.349. The molecule has 1 aromatic heterocycles. The fourth-order valence-corrected chi connectivity index (χ4v) is 4.58. The molecule has 3 rings (SSSR count). The summed E-state index contributed by atoms with van der Waals surface area (Å²) >= 11 is 1.93. The number of aromatic nitrogens is 2. The SMILES string of the molecule is Cc1cccc2c(=O)[nH]c(CSC3CCC(CCN)CC3)nc12. The van der Waals surface area contributed by atoms with Gasteiger partial charge in [0.05, 0.1) is 16.7 Å². The molecule has 23 heavy (non-hydrogen) atoms. The highest BCUT2D eigenvalue weighted by Gasteiger charge is 2.21. The van der Waals surface area contributed by atoms with E-state index in [9.17, 15) is 4.79 Å². The second-order valence-electron chi connectivity index (χ2n) is 6.51. The first-order valence-electron chi connectivity index (χ1n) is 8.47. The Hall–Kier alpha value is -1.33. The smallest absolute Gasteiger partial charge is 0.258 e. The molecule has 0 spiro atoms. The van der Waals surface area contributed by atoms with Gasteiger partial charge in [-0.25, -0.2) is 4.98 Å². The van der Waals surface area contributed by atoms with Gasteiger partial charge in [0.15, 0.2) is 0 Å². The number of thioether (sulfide) groups is 1. The Balaban J connectivity index is 1.64. The van der Waals surface area contributed by atoms with Crippen LogP contribution in [0.5, 0.6) is 0 Å². The van der Waals surface area contributed by atoms with Crippen LogP contribution in [-0.4, -0.2) is 21.8 Å². The first-order chi connectivity index (χ1) is 11.2. The number of H-pyrrole nitrogens is 1. The number of rotatable bonds is 5. The fraction of sp³-hybridized carbons (Fsp3) is 0.556. The van der Waals surface area contributed by atoms with Gasteiger partial charge < -0.3 is 10.7 Å². The van der Waals surface area contributed by atoms with Gasteiger partial charge >= 0.3 is 0 Å². The Morgan fingerprint density at radius 2 is 2.09 bits per heavy atom. The first-order valence-corrected chi connectivity index (χ1v) is 9.52. The van der Waals surface area contributed by atoms with Crippen LogP contribution >= 0.6 is 11.8 Å². The molecule has 1 heterocycles. The van der Waals surface area contributed by atoms with Crippen molar-refractivity contribution in [2.45, 2.75) is 50.0 Å². The summed E-state index contributed by atoms with van der Waals surface area (Å²) in [4.78, 5) is 19.8. The Kier molecular flexibility index (Phi) is 5.38. The average molecular weight is 331 g/mol. The van der Waals surface area contributed by atoms with Crippen molar-refractivity contribution in [2.75, 3.05) is 6.54 Å². The second kappa shape index (κ2) is 7.49. The summed E-state index contributed by atoms with van der Waals surface area (Å²) in [5, 5.41) is 1.36. The Bertz CT molecular complexity index is 720. The number of fused-ring (bicyclic) bond motifs is 1. The van der Waals surface area contributed by atoms with E-state index in [2.05, 4.69) is 9.97 Å². The molecule has 1 saturated carbocycles. The summed E-state index contributed by atoms with van der Waals surface area (Å²) < 4.78 is 0. The Morgan fingerprint density at radius 3 is 2.83 bits per heavy atom. The number of benzene rings is 1. The third-order valence-electron chi connectivity index (χ3n) is 4.81. The van der Waals surface area contributed by atoms with Crippen molar-refractivity contribution in [3.63, 3.8) is 0 Å². The van der Waals surface area contributed by atoms with Crippen LogP contribution in [0.3, 0.4) is 0 Å². The van der Waals surface area contributed by atoms with Gasteiger partial charge in [0, 0.05) is 5.25 Å². The molecule has 1 aliphatic rings. The van der Waals surface area contributed by atoms with E-state index in [0.29, 0.717) is 10.6 Å². The molecule has 0 amide bonds. The minimum absolute atomic E-state index is 0.0269. The number of aromatic amines is 1. The van der Waals surface area contributed by atoms with Crippen molar-refractivity contribution >= 4 is 22.7 Å². The van der Waals surface area contributed by atoms with Crippen LogP contribution in [0.25, 0.3) is 10.9 Å². The molecule has 1 aromatic carbocycles. The zero-order chi connectivity index (χ0) is 16.2. The van der Waals surface area contributed by atoms with Crippen LogP contribution < -0.4 is 11.3 Å². The highest BCUT2D eigenvalue weighted by molar-refractivity contribution is 7.99. The Labute approximate surface area is 141 Å². The van der Waals surface area contributed by atoms with Crippen molar-refractivity contribution in [3.8, 4) is 0 Å². The molecule has 0 radical (unpaired) electrons. The second-order valence-corrected chi connectivity index (χ2v) is 7.80. The predicted octanol–water partition coefficient (Wildman–Crippen LogP) is 3.37. The largest absolute Gasteiger partial charge is 0.330 e. The van der Waals surface area contributed by atoms with Crippen molar-refractivity contribution < 1.29 is 0 Å². The monoisotopic (exact) mass is 331 g/mol. The van der Waals surface area contributed by atoms with Gasteiger partial charge in [-0.1, -0.05) is 12.1 Å². The number of nitrogens with zero attached hydrogens (tertiary/aromatic N) is 1. The van der Waals surface area contributed by atoms with Gasteiger partial charge in [0.25, 0.3) is 5.56 Å². The molecule has 0 atom stereocenters. The van der Waals surface area contributed by atoms with E-state index in [1.807, 2.05) is 36.9 Å². The lowest BCUT2D eigenvalue weighted by Crippen LogP contribution is -2.19. The lowest BCUT2D eigenvalue weighted by atomic mass is 9.87. The standard InChI is InChI=1S/C18H25N3OS/c1-12-3-2-4-15-17(12)20-16(21-18(15)22)11-23-14-7-5-13(6-8-14)9-10-19/h2-4,13-14H,5-11,19H2,1H3,(H,20,21,22). The van der Waals surface area contributed by atoms with Crippen LogP contribution in [-0.2, 0) is 5.75 Å². The van der Waals surface area contributed by atoms with Gasteiger partial charge in [-0.05, 0) is 63.1 Å². The minimum Gasteiger partial charge on any atom is -0.330 e. The van der Waals surface area contributed by atoms with Crippen LogP contribution in [0.1, 0.15) is 43.5 Å². The molecule has 3 N–H and O–H groups in total. The molecule has 1 fully saturated rings. The number of aryl methyl sites for hydroxylation is 1. The number of hydrogen-bond acceptors (Lipinski definition) is 4. The first kappa shape index (κ1) is 16.5. The zero-order valence-corrected chi connectivity index (χ0v) is 14.5. The highest BCUT2D eigenvalue weighted by Crippen LogP contribution is 2.34. The average Bonchev–Trinajstić information content (AvgIpc) is 2.56. The molecule has 0 bridgehead atoms. The predicted molar refractivity (Wildman–Crippen MR) is 97.8 cm³/mol. The number of nitrogens with one attached hydrogen (secondary N) is 1. The van der Waals surface area contributed by atoms with E-state index in [-0.39, 0.29) is 5.56 Å². The molecule has 2 aromatic rings. The molecule has 0 saturated heterocycles. The Morgan fingerprint density at radius 1 is 1.30 bits per heavy atom. The van der Waals surface area contributed by atoms with E-state index >= 15 is 0 Å². The topological polar surface area (TPSA) is 71.8 Å². The van der Waals surface area contributed by atoms with Gasteiger partial charge in [-0.2, -0.15) is 11.8 Å². The molecular weight excluding hydrogens is 306 g/mol. The van der Waals surface area contributed by atoms with Crippen LogP contribution in [0.4, 0.5) is 0 Å². The maximum atomic E-state index is 12.2. The third-order valence-corrected chi connectivity index (χ3v) is 6.19. The number of nitrogens with two attached hydrogens (primary N) is 1. The highest BCUT2D eigenvalue weighted by atomic mass is 32.2. The normalized spacial score (nSPS) is 21.7. The van der Waals surface area contributed by atoms with E-state index in [1.165, 1.54) is 25.7 Å². The molecule has 0 unspecified atom stereocenters. The summed E-state index contributed by atoms with van der Waals surface area (Å²) in [5.41, 5.74) is 7.52. The summed E-state index contributed by atoms with van der Waals surface area (Å²) in [6, 6.07) is 5.75. The molecule has 0 aliphatic heterocycles. The van der Waals surface area contributed by atoms with Gasteiger partial charge in [0.1, 0.15) is 5.82 Å². The lowest BCUT2D eigenvalue weighted by Gasteiger charge is -2.27. The summed E-state index contributed by atoms with van der Waals surface area (Å²) in [6.45, 7) is 2.81. The van der Waals surface area contributed by atoms with Crippen LogP contribution in [0.2, 0.25) is 0 Å². The molecular formula is C18H25N3OS. The van der Waals surface area contributed by atoms with Crippen molar-refractivity contribution in [3.05, 3.63) is 39.9 Å². The van der Waals surface area contributed by atoms with Crippen LogP contribution in [0, 0.1) is 12.8 Å². The van der Waals surface area contributed by atoms with Crippen molar-refractivity contribution in [1.29, 1.82) is 0 Å².